The maximum absolute atomic E-state index is 13.0. The lowest BCUT2D eigenvalue weighted by Crippen LogP contribution is -2.12. The molecule has 0 aliphatic carbocycles. The van der Waals surface area contributed by atoms with E-state index in [2.05, 4.69) is 15.0 Å². The second-order valence-electron chi connectivity index (χ2n) is 6.18. The molecule has 0 saturated heterocycles. The summed E-state index contributed by atoms with van der Waals surface area (Å²) < 4.78 is 44.7. The van der Waals surface area contributed by atoms with Gasteiger partial charge in [-0.2, -0.15) is 23.4 Å². The summed E-state index contributed by atoms with van der Waals surface area (Å²) in [5, 5.41) is 9.17. The molecule has 0 aliphatic rings. The summed E-state index contributed by atoms with van der Waals surface area (Å²) in [6, 6.07) is 11.5. The fraction of sp³-hybridized carbons (Fsp3) is 0.200. The molecular weight excluding hydrogens is 383 g/mol. The van der Waals surface area contributed by atoms with Crippen molar-refractivity contribution in [2.24, 2.45) is 5.73 Å². The Bertz CT molecular complexity index is 1060. The summed E-state index contributed by atoms with van der Waals surface area (Å²) in [7, 11) is 0. The summed E-state index contributed by atoms with van der Waals surface area (Å²) in [4.78, 5) is 11.2. The molecule has 29 heavy (non-hydrogen) atoms. The van der Waals surface area contributed by atoms with Crippen LogP contribution in [0.15, 0.2) is 42.6 Å². The van der Waals surface area contributed by atoms with Crippen LogP contribution >= 0.6 is 0 Å². The highest BCUT2D eigenvalue weighted by molar-refractivity contribution is 5.69. The second-order valence-corrected chi connectivity index (χ2v) is 6.18. The summed E-state index contributed by atoms with van der Waals surface area (Å²) in [5.74, 6) is -1.41. The van der Waals surface area contributed by atoms with Crippen LogP contribution in [0.25, 0.3) is 11.3 Å². The number of rotatable bonds is 5. The Kier molecular flexibility index (Phi) is 5.75. The molecule has 2 heterocycles. The predicted octanol–water partition coefficient (Wildman–Crippen LogP) is 4.03. The fourth-order valence-corrected chi connectivity index (χ4v) is 2.62. The number of benzene rings is 1. The zero-order chi connectivity index (χ0) is 21.0. The number of halogens is 3. The molecule has 148 valence electrons. The number of nitrogens with two attached hydrogens (primary N) is 1. The van der Waals surface area contributed by atoms with E-state index in [0.29, 0.717) is 24.2 Å². The molecule has 0 spiro atoms. The Labute approximate surface area is 164 Å². The Hall–Kier alpha value is -3.51. The smallest absolute Gasteiger partial charge is 0.438 e. The third-order valence-corrected chi connectivity index (χ3v) is 3.94. The second kappa shape index (κ2) is 8.24. The van der Waals surface area contributed by atoms with Crippen LogP contribution in [0.2, 0.25) is 0 Å². The van der Waals surface area contributed by atoms with Gasteiger partial charge in [0.15, 0.2) is 0 Å². The maximum Gasteiger partial charge on any atom is 0.451 e. The first-order valence-corrected chi connectivity index (χ1v) is 8.60. The van der Waals surface area contributed by atoms with Gasteiger partial charge in [0.2, 0.25) is 11.7 Å². The van der Waals surface area contributed by atoms with Crippen molar-refractivity contribution in [3.05, 3.63) is 65.2 Å². The van der Waals surface area contributed by atoms with Gasteiger partial charge in [-0.25, -0.2) is 4.98 Å². The van der Waals surface area contributed by atoms with E-state index in [-0.39, 0.29) is 22.9 Å². The Morgan fingerprint density at radius 1 is 1.14 bits per heavy atom. The van der Waals surface area contributed by atoms with Gasteiger partial charge >= 0.3 is 6.18 Å². The standard InChI is InChI=1S/C20H16F3N5O/c1-12-8-18(28-19(27-12)20(21,22)23)29-17-9-14(10-25)2-4-15(17)16-5-3-13(6-7-24)11-26-16/h2-5,8-9,11H,6-7,24H2,1H3. The third kappa shape index (κ3) is 4.86. The first-order valence-electron chi connectivity index (χ1n) is 8.60. The van der Waals surface area contributed by atoms with E-state index in [1.165, 1.54) is 19.1 Å². The van der Waals surface area contributed by atoms with Gasteiger partial charge in [0.25, 0.3) is 0 Å². The minimum absolute atomic E-state index is 0.101. The van der Waals surface area contributed by atoms with Gasteiger partial charge < -0.3 is 10.5 Å². The lowest BCUT2D eigenvalue weighted by atomic mass is 10.1. The van der Waals surface area contributed by atoms with Gasteiger partial charge in [-0.15, -0.1) is 0 Å². The number of alkyl halides is 3. The highest BCUT2D eigenvalue weighted by Gasteiger charge is 2.35. The predicted molar refractivity (Wildman–Crippen MR) is 99.0 cm³/mol. The van der Waals surface area contributed by atoms with Crippen LogP contribution < -0.4 is 10.5 Å². The van der Waals surface area contributed by atoms with E-state index >= 15 is 0 Å². The van der Waals surface area contributed by atoms with E-state index < -0.39 is 12.0 Å². The lowest BCUT2D eigenvalue weighted by molar-refractivity contribution is -0.145. The van der Waals surface area contributed by atoms with Crippen LogP contribution in [0.4, 0.5) is 13.2 Å². The van der Waals surface area contributed by atoms with Crippen molar-refractivity contribution in [1.29, 1.82) is 5.26 Å². The topological polar surface area (TPSA) is 97.7 Å². The van der Waals surface area contributed by atoms with Crippen molar-refractivity contribution in [3.8, 4) is 29.0 Å². The highest BCUT2D eigenvalue weighted by Crippen LogP contribution is 2.34. The molecule has 0 bridgehead atoms. The molecule has 3 rings (SSSR count). The molecule has 2 aromatic heterocycles. The molecule has 0 saturated carbocycles. The molecule has 0 aliphatic heterocycles. The van der Waals surface area contributed by atoms with E-state index in [1.54, 1.807) is 24.4 Å². The van der Waals surface area contributed by atoms with Crippen LogP contribution in [0, 0.1) is 18.3 Å². The molecule has 1 aromatic carbocycles. The van der Waals surface area contributed by atoms with Gasteiger partial charge in [-0.1, -0.05) is 6.07 Å². The van der Waals surface area contributed by atoms with Crippen molar-refractivity contribution in [1.82, 2.24) is 15.0 Å². The molecule has 0 radical (unpaired) electrons. The number of aryl methyl sites for hydroxylation is 1. The van der Waals surface area contributed by atoms with Crippen molar-refractivity contribution in [3.63, 3.8) is 0 Å². The quantitative estimate of drug-likeness (QED) is 0.696. The Morgan fingerprint density at radius 3 is 2.55 bits per heavy atom. The van der Waals surface area contributed by atoms with Gasteiger partial charge in [0.1, 0.15) is 5.75 Å². The third-order valence-electron chi connectivity index (χ3n) is 3.94. The first-order chi connectivity index (χ1) is 13.8. The average molecular weight is 399 g/mol. The molecule has 3 aromatic rings. The molecular formula is C20H16F3N5O. The number of nitriles is 1. The van der Waals surface area contributed by atoms with E-state index in [9.17, 15) is 18.4 Å². The minimum Gasteiger partial charge on any atom is -0.438 e. The number of pyridine rings is 1. The van der Waals surface area contributed by atoms with Crippen LogP contribution in [-0.4, -0.2) is 21.5 Å². The van der Waals surface area contributed by atoms with Gasteiger partial charge in [0, 0.05) is 23.5 Å². The molecule has 0 unspecified atom stereocenters. The van der Waals surface area contributed by atoms with Gasteiger partial charge in [-0.05, 0) is 49.7 Å². The van der Waals surface area contributed by atoms with Crippen LogP contribution in [-0.2, 0) is 12.6 Å². The summed E-state index contributed by atoms with van der Waals surface area (Å²) in [6.45, 7) is 1.90. The number of hydrogen-bond acceptors (Lipinski definition) is 6. The number of ether oxygens (including phenoxy) is 1. The maximum atomic E-state index is 13.0. The van der Waals surface area contributed by atoms with Crippen LogP contribution in [0.3, 0.4) is 0 Å². The van der Waals surface area contributed by atoms with Crippen molar-refractivity contribution >= 4 is 0 Å². The first kappa shape index (κ1) is 20.2. The van der Waals surface area contributed by atoms with E-state index in [0.717, 1.165) is 5.56 Å². The van der Waals surface area contributed by atoms with Gasteiger partial charge in [0.05, 0.1) is 17.3 Å². The minimum atomic E-state index is -4.71. The van der Waals surface area contributed by atoms with E-state index in [4.69, 9.17) is 10.5 Å². The number of hydrogen-bond donors (Lipinski definition) is 1. The monoisotopic (exact) mass is 399 g/mol. The molecule has 2 N–H and O–H groups in total. The van der Waals surface area contributed by atoms with Crippen LogP contribution in [0.5, 0.6) is 11.6 Å². The van der Waals surface area contributed by atoms with Crippen LogP contribution in [0.1, 0.15) is 22.6 Å². The Morgan fingerprint density at radius 2 is 1.93 bits per heavy atom. The fourth-order valence-electron chi connectivity index (χ4n) is 2.62. The highest BCUT2D eigenvalue weighted by atomic mass is 19.4. The Balaban J connectivity index is 2.03. The summed E-state index contributed by atoms with van der Waals surface area (Å²) in [6.07, 6.45) is -2.37. The molecule has 9 heteroatoms. The van der Waals surface area contributed by atoms with E-state index in [1.807, 2.05) is 12.1 Å². The zero-order valence-corrected chi connectivity index (χ0v) is 15.4. The SMILES string of the molecule is Cc1cc(Oc2cc(C#N)ccc2-c2ccc(CCN)cn2)nc(C(F)(F)F)n1. The molecule has 0 fully saturated rings. The molecule has 6 nitrogen and oxygen atoms in total. The largest absolute Gasteiger partial charge is 0.451 e. The summed E-state index contributed by atoms with van der Waals surface area (Å²) in [5.41, 5.74) is 7.91. The van der Waals surface area contributed by atoms with Crippen molar-refractivity contribution in [2.45, 2.75) is 19.5 Å². The van der Waals surface area contributed by atoms with Crippen molar-refractivity contribution in [2.75, 3.05) is 6.54 Å². The molecule has 0 atom stereocenters. The normalized spacial score (nSPS) is 11.2. The number of aromatic nitrogens is 3. The summed E-state index contributed by atoms with van der Waals surface area (Å²) >= 11 is 0. The molecule has 0 amide bonds. The zero-order valence-electron chi connectivity index (χ0n) is 15.4. The van der Waals surface area contributed by atoms with Gasteiger partial charge in [-0.3, -0.25) is 4.98 Å². The number of nitrogens with zero attached hydrogens (tertiary/aromatic N) is 4. The van der Waals surface area contributed by atoms with Crippen molar-refractivity contribution < 1.29 is 17.9 Å². The average Bonchev–Trinajstić information content (AvgIpc) is 2.68. The lowest BCUT2D eigenvalue weighted by Gasteiger charge is -2.13.